The van der Waals surface area contributed by atoms with E-state index in [0.717, 1.165) is 43.0 Å². The van der Waals surface area contributed by atoms with Crippen LogP contribution in [-0.2, 0) is 13.1 Å². The lowest BCUT2D eigenvalue weighted by Gasteiger charge is -2.07. The summed E-state index contributed by atoms with van der Waals surface area (Å²) in [5, 5.41) is 0. The van der Waals surface area contributed by atoms with Crippen molar-refractivity contribution >= 4 is 54.2 Å². The molecule has 3 nitrogen and oxygen atoms in total. The first-order chi connectivity index (χ1) is 10.1. The van der Waals surface area contributed by atoms with Crippen molar-refractivity contribution in [3.05, 3.63) is 37.4 Å². The molecule has 0 aliphatic carbocycles. The second-order valence-corrected chi connectivity index (χ2v) is 8.60. The molecule has 0 spiro atoms. The fourth-order valence-corrected chi connectivity index (χ4v) is 5.24. The molecule has 2 N–H and O–H groups in total. The van der Waals surface area contributed by atoms with Gasteiger partial charge in [0.1, 0.15) is 5.82 Å². The number of aryl methyl sites for hydroxylation is 1. The molecule has 2 heterocycles. The molecule has 110 valence electrons. The Morgan fingerprint density at radius 3 is 2.71 bits per heavy atom. The summed E-state index contributed by atoms with van der Waals surface area (Å²) in [5.41, 5.74) is 10.2. The number of thiophene rings is 1. The Bertz CT molecular complexity index is 792. The molecule has 0 amide bonds. The van der Waals surface area contributed by atoms with Crippen molar-refractivity contribution in [2.75, 3.05) is 0 Å². The summed E-state index contributed by atoms with van der Waals surface area (Å²) in [4.78, 5) is 4.85. The second-order valence-electron chi connectivity index (χ2n) is 4.85. The van der Waals surface area contributed by atoms with Crippen molar-refractivity contribution in [1.82, 2.24) is 9.55 Å². The zero-order chi connectivity index (χ0) is 15.0. The van der Waals surface area contributed by atoms with Gasteiger partial charge in [0.25, 0.3) is 0 Å². The molecule has 0 fully saturated rings. The summed E-state index contributed by atoms with van der Waals surface area (Å²) in [6.07, 6.45) is 1.07. The minimum atomic E-state index is 0.541. The van der Waals surface area contributed by atoms with Gasteiger partial charge in [0.2, 0.25) is 0 Å². The third-order valence-electron chi connectivity index (χ3n) is 3.39. The first kappa shape index (κ1) is 15.2. The van der Waals surface area contributed by atoms with E-state index in [9.17, 15) is 0 Å². The maximum absolute atomic E-state index is 5.74. The fourth-order valence-electron chi connectivity index (χ4n) is 2.45. The lowest BCUT2D eigenvalue weighted by molar-refractivity contribution is 0.704. The van der Waals surface area contributed by atoms with Crippen LogP contribution in [0, 0.1) is 0 Å². The Balaban J connectivity index is 2.25. The van der Waals surface area contributed by atoms with Crippen LogP contribution in [0.15, 0.2) is 31.8 Å². The molecule has 0 saturated carbocycles. The quantitative estimate of drug-likeness (QED) is 0.623. The molecule has 0 atom stereocenters. The van der Waals surface area contributed by atoms with Gasteiger partial charge in [-0.2, -0.15) is 0 Å². The number of halogens is 2. The van der Waals surface area contributed by atoms with Crippen molar-refractivity contribution in [2.45, 2.75) is 26.4 Å². The largest absolute Gasteiger partial charge is 0.326 e. The zero-order valence-corrected chi connectivity index (χ0v) is 15.6. The topological polar surface area (TPSA) is 43.8 Å². The number of imidazole rings is 1. The van der Waals surface area contributed by atoms with Crippen LogP contribution in [0.1, 0.15) is 18.9 Å². The summed E-state index contributed by atoms with van der Waals surface area (Å²) in [6.45, 7) is 3.68. The third-order valence-corrected chi connectivity index (χ3v) is 5.73. The monoisotopic (exact) mass is 427 g/mol. The van der Waals surface area contributed by atoms with Gasteiger partial charge in [-0.15, -0.1) is 11.3 Å². The molecular weight excluding hydrogens is 414 g/mol. The van der Waals surface area contributed by atoms with Crippen LogP contribution in [-0.4, -0.2) is 9.55 Å². The molecule has 6 heteroatoms. The minimum absolute atomic E-state index is 0.541. The van der Waals surface area contributed by atoms with Crippen molar-refractivity contribution < 1.29 is 0 Å². The Labute approximate surface area is 144 Å². The Hall–Kier alpha value is -0.690. The van der Waals surface area contributed by atoms with Crippen LogP contribution in [0.25, 0.3) is 22.4 Å². The first-order valence-corrected chi connectivity index (χ1v) is 9.18. The van der Waals surface area contributed by atoms with Crippen molar-refractivity contribution in [3.63, 3.8) is 0 Å². The molecule has 0 unspecified atom stereocenters. The molecule has 0 aliphatic rings. The number of aromatic nitrogens is 2. The lowest BCUT2D eigenvalue weighted by Crippen LogP contribution is -2.00. The van der Waals surface area contributed by atoms with Gasteiger partial charge in [-0.25, -0.2) is 4.98 Å². The van der Waals surface area contributed by atoms with Crippen molar-refractivity contribution in [2.24, 2.45) is 5.73 Å². The normalized spacial score (nSPS) is 11.4. The van der Waals surface area contributed by atoms with Gasteiger partial charge >= 0.3 is 0 Å². The minimum Gasteiger partial charge on any atom is -0.326 e. The number of nitrogens with zero attached hydrogens (tertiary/aromatic N) is 2. The van der Waals surface area contributed by atoms with Crippen molar-refractivity contribution in [3.8, 4) is 11.4 Å². The number of rotatable bonds is 4. The van der Waals surface area contributed by atoms with Crippen LogP contribution in [0.2, 0.25) is 0 Å². The van der Waals surface area contributed by atoms with Gasteiger partial charge in [0.05, 0.1) is 18.6 Å². The Kier molecular flexibility index (Phi) is 4.49. The Morgan fingerprint density at radius 1 is 1.29 bits per heavy atom. The molecule has 3 rings (SSSR count). The smallest absolute Gasteiger partial charge is 0.143 e. The molecule has 0 radical (unpaired) electrons. The van der Waals surface area contributed by atoms with Gasteiger partial charge < -0.3 is 10.3 Å². The van der Waals surface area contributed by atoms with E-state index in [-0.39, 0.29) is 0 Å². The SMILES string of the molecule is CCCn1c(-c2cc(Br)sc2Br)nc2cc(CN)ccc21. The summed E-state index contributed by atoms with van der Waals surface area (Å²) in [7, 11) is 0. The molecular formula is C15H15Br2N3S. The summed E-state index contributed by atoms with van der Waals surface area (Å²) >= 11 is 8.85. The summed E-state index contributed by atoms with van der Waals surface area (Å²) in [5.74, 6) is 1.01. The number of hydrogen-bond acceptors (Lipinski definition) is 3. The van der Waals surface area contributed by atoms with E-state index >= 15 is 0 Å². The average Bonchev–Trinajstić information content (AvgIpc) is 2.99. The van der Waals surface area contributed by atoms with E-state index in [0.29, 0.717) is 6.54 Å². The van der Waals surface area contributed by atoms with E-state index < -0.39 is 0 Å². The van der Waals surface area contributed by atoms with Crippen LogP contribution < -0.4 is 5.73 Å². The summed E-state index contributed by atoms with van der Waals surface area (Å²) in [6, 6.07) is 8.41. The van der Waals surface area contributed by atoms with Crippen molar-refractivity contribution in [1.29, 1.82) is 0 Å². The van der Waals surface area contributed by atoms with Gasteiger partial charge in [0, 0.05) is 18.7 Å². The first-order valence-electron chi connectivity index (χ1n) is 6.78. The maximum atomic E-state index is 5.74. The average molecular weight is 429 g/mol. The number of nitrogens with two attached hydrogens (primary N) is 1. The van der Waals surface area contributed by atoms with Gasteiger partial charge in [-0.05, 0) is 62.0 Å². The van der Waals surface area contributed by atoms with Crippen LogP contribution in [0.5, 0.6) is 0 Å². The van der Waals surface area contributed by atoms with E-state index in [4.69, 9.17) is 10.7 Å². The predicted molar refractivity (Wildman–Crippen MR) is 96.6 cm³/mol. The standard InChI is InChI=1S/C15H15Br2N3S/c1-2-5-20-12-4-3-9(8-18)6-11(12)19-15(20)10-7-13(16)21-14(10)17/h3-4,6-7H,2,5,8,18H2,1H3. The van der Waals surface area contributed by atoms with Crippen LogP contribution in [0.4, 0.5) is 0 Å². The Morgan fingerprint density at radius 2 is 2.10 bits per heavy atom. The van der Waals surface area contributed by atoms with Gasteiger partial charge in [-0.3, -0.25) is 0 Å². The van der Waals surface area contributed by atoms with E-state index in [1.54, 1.807) is 11.3 Å². The zero-order valence-electron chi connectivity index (χ0n) is 11.6. The van der Waals surface area contributed by atoms with Crippen LogP contribution in [0.3, 0.4) is 0 Å². The van der Waals surface area contributed by atoms with E-state index in [2.05, 4.69) is 67.6 Å². The van der Waals surface area contributed by atoms with Gasteiger partial charge in [-0.1, -0.05) is 13.0 Å². The number of fused-ring (bicyclic) bond motifs is 1. The molecule has 0 saturated heterocycles. The number of benzene rings is 1. The van der Waals surface area contributed by atoms with E-state index in [1.165, 1.54) is 5.52 Å². The van der Waals surface area contributed by atoms with Gasteiger partial charge in [0.15, 0.2) is 0 Å². The van der Waals surface area contributed by atoms with E-state index in [1.807, 2.05) is 0 Å². The molecule has 2 aromatic heterocycles. The highest BCUT2D eigenvalue weighted by Gasteiger charge is 2.16. The molecule has 3 aromatic rings. The fraction of sp³-hybridized carbons (Fsp3) is 0.267. The molecule has 21 heavy (non-hydrogen) atoms. The summed E-state index contributed by atoms with van der Waals surface area (Å²) < 4.78 is 4.48. The highest BCUT2D eigenvalue weighted by molar-refractivity contribution is 9.12. The highest BCUT2D eigenvalue weighted by Crippen LogP contribution is 2.39. The molecule has 0 bridgehead atoms. The molecule has 0 aliphatic heterocycles. The molecule has 1 aromatic carbocycles. The predicted octanol–water partition coefficient (Wildman–Crippen LogP) is 5.16. The van der Waals surface area contributed by atoms with Crippen LogP contribution >= 0.6 is 43.2 Å². The number of hydrogen-bond donors (Lipinski definition) is 1. The highest BCUT2D eigenvalue weighted by atomic mass is 79.9. The third kappa shape index (κ3) is 2.82. The maximum Gasteiger partial charge on any atom is 0.143 e. The lowest BCUT2D eigenvalue weighted by atomic mass is 10.2. The second kappa shape index (κ2) is 6.20.